The number of rotatable bonds is 4. The average Bonchev–Trinajstić information content (AvgIpc) is 2.98. The van der Waals surface area contributed by atoms with Crippen molar-refractivity contribution >= 4 is 40.5 Å². The fourth-order valence-corrected chi connectivity index (χ4v) is 2.54. The fourth-order valence-electron chi connectivity index (χ4n) is 2.06. The van der Waals surface area contributed by atoms with Crippen LogP contribution >= 0.6 is 34.8 Å². The molecule has 0 aliphatic rings. The maximum Gasteiger partial charge on any atom is 0.134 e. The number of anilines is 1. The SMILES string of the molecule is Clc1ccc(-c2ccc(CNc3cc(Cl)ccc3Cl)o2)cc1. The minimum absolute atomic E-state index is 0.521. The van der Waals surface area contributed by atoms with Gasteiger partial charge in [0.25, 0.3) is 0 Å². The fraction of sp³-hybridized carbons (Fsp3) is 0.0588. The lowest BCUT2D eigenvalue weighted by molar-refractivity contribution is 0.531. The summed E-state index contributed by atoms with van der Waals surface area (Å²) >= 11 is 18.0. The standard InChI is InChI=1S/C17H12Cl3NO/c18-12-3-1-11(2-4-12)17-8-6-14(22-17)10-21-16-9-13(19)5-7-15(16)20/h1-9,21H,10H2. The van der Waals surface area contributed by atoms with E-state index in [1.807, 2.05) is 36.4 Å². The van der Waals surface area contributed by atoms with Crippen LogP contribution in [0.4, 0.5) is 5.69 Å². The molecule has 22 heavy (non-hydrogen) atoms. The molecule has 0 aliphatic carbocycles. The van der Waals surface area contributed by atoms with Crippen LogP contribution in [0, 0.1) is 0 Å². The highest BCUT2D eigenvalue weighted by Crippen LogP contribution is 2.27. The molecule has 0 bridgehead atoms. The lowest BCUT2D eigenvalue weighted by Gasteiger charge is -2.07. The summed E-state index contributed by atoms with van der Waals surface area (Å²) in [6.07, 6.45) is 0. The van der Waals surface area contributed by atoms with E-state index in [4.69, 9.17) is 39.2 Å². The zero-order valence-electron chi connectivity index (χ0n) is 11.4. The summed E-state index contributed by atoms with van der Waals surface area (Å²) in [4.78, 5) is 0. The number of hydrogen-bond acceptors (Lipinski definition) is 2. The summed E-state index contributed by atoms with van der Waals surface area (Å²) in [5.41, 5.74) is 1.76. The van der Waals surface area contributed by atoms with Crippen molar-refractivity contribution in [1.29, 1.82) is 0 Å². The molecule has 0 fully saturated rings. The van der Waals surface area contributed by atoms with Gasteiger partial charge in [-0.2, -0.15) is 0 Å². The molecular formula is C17H12Cl3NO. The summed E-state index contributed by atoms with van der Waals surface area (Å²) in [7, 11) is 0. The third-order valence-electron chi connectivity index (χ3n) is 3.17. The van der Waals surface area contributed by atoms with Crippen LogP contribution in [0.25, 0.3) is 11.3 Å². The van der Waals surface area contributed by atoms with E-state index in [0.717, 1.165) is 22.8 Å². The molecule has 2 nitrogen and oxygen atoms in total. The van der Waals surface area contributed by atoms with Crippen LogP contribution in [0.2, 0.25) is 15.1 Å². The van der Waals surface area contributed by atoms with E-state index in [0.29, 0.717) is 21.6 Å². The van der Waals surface area contributed by atoms with Crippen molar-refractivity contribution in [3.05, 3.63) is 75.4 Å². The number of nitrogens with one attached hydrogen (secondary N) is 1. The predicted octanol–water partition coefficient (Wildman–Crippen LogP) is 6.52. The Morgan fingerprint density at radius 2 is 1.55 bits per heavy atom. The van der Waals surface area contributed by atoms with Crippen molar-refractivity contribution < 1.29 is 4.42 Å². The zero-order valence-corrected chi connectivity index (χ0v) is 13.7. The van der Waals surface area contributed by atoms with Gasteiger partial charge in [0.2, 0.25) is 0 Å². The molecule has 3 aromatic rings. The second-order valence-corrected chi connectivity index (χ2v) is 6.03. The molecule has 0 saturated carbocycles. The Balaban J connectivity index is 1.72. The molecule has 0 saturated heterocycles. The smallest absolute Gasteiger partial charge is 0.134 e. The predicted molar refractivity (Wildman–Crippen MR) is 92.9 cm³/mol. The number of furan rings is 1. The lowest BCUT2D eigenvalue weighted by Crippen LogP contribution is -1.98. The van der Waals surface area contributed by atoms with Crippen LogP contribution in [0.3, 0.4) is 0 Å². The van der Waals surface area contributed by atoms with Crippen LogP contribution in [-0.2, 0) is 6.54 Å². The molecule has 0 aliphatic heterocycles. The van der Waals surface area contributed by atoms with Crippen LogP contribution < -0.4 is 5.32 Å². The van der Waals surface area contributed by atoms with Gasteiger partial charge in [-0.25, -0.2) is 0 Å². The summed E-state index contributed by atoms with van der Waals surface area (Å²) < 4.78 is 5.82. The van der Waals surface area contributed by atoms with E-state index in [9.17, 15) is 0 Å². The normalized spacial score (nSPS) is 10.7. The van der Waals surface area contributed by atoms with Crippen molar-refractivity contribution in [3.8, 4) is 11.3 Å². The Morgan fingerprint density at radius 3 is 2.32 bits per heavy atom. The summed E-state index contributed by atoms with van der Waals surface area (Å²) in [5.74, 6) is 1.60. The van der Waals surface area contributed by atoms with E-state index in [1.165, 1.54) is 0 Å². The van der Waals surface area contributed by atoms with E-state index in [-0.39, 0.29) is 0 Å². The first-order chi connectivity index (χ1) is 10.6. The molecule has 0 radical (unpaired) electrons. The molecular weight excluding hydrogens is 341 g/mol. The van der Waals surface area contributed by atoms with E-state index < -0.39 is 0 Å². The number of benzene rings is 2. The molecule has 0 spiro atoms. The minimum Gasteiger partial charge on any atom is -0.459 e. The van der Waals surface area contributed by atoms with Crippen molar-refractivity contribution in [2.45, 2.75) is 6.54 Å². The second-order valence-electron chi connectivity index (χ2n) is 4.75. The summed E-state index contributed by atoms with van der Waals surface area (Å²) in [6, 6.07) is 16.7. The Labute approximate surface area is 143 Å². The van der Waals surface area contributed by atoms with Gasteiger partial charge in [-0.3, -0.25) is 0 Å². The summed E-state index contributed by atoms with van der Waals surface area (Å²) in [5, 5.41) is 5.17. The van der Waals surface area contributed by atoms with Gasteiger partial charge >= 0.3 is 0 Å². The van der Waals surface area contributed by atoms with Crippen LogP contribution in [0.1, 0.15) is 5.76 Å². The highest BCUT2D eigenvalue weighted by molar-refractivity contribution is 6.35. The molecule has 1 aromatic heterocycles. The van der Waals surface area contributed by atoms with Crippen molar-refractivity contribution in [2.75, 3.05) is 5.32 Å². The van der Waals surface area contributed by atoms with Crippen LogP contribution in [0.15, 0.2) is 59.0 Å². The van der Waals surface area contributed by atoms with Crippen molar-refractivity contribution in [2.24, 2.45) is 0 Å². The first-order valence-corrected chi connectivity index (χ1v) is 7.79. The van der Waals surface area contributed by atoms with Gasteiger partial charge in [0.1, 0.15) is 11.5 Å². The Kier molecular flexibility index (Phi) is 4.63. The van der Waals surface area contributed by atoms with Gasteiger partial charge in [0, 0.05) is 15.6 Å². The van der Waals surface area contributed by atoms with Crippen LogP contribution in [-0.4, -0.2) is 0 Å². The van der Waals surface area contributed by atoms with E-state index >= 15 is 0 Å². The van der Waals surface area contributed by atoms with E-state index in [2.05, 4.69) is 5.32 Å². The first-order valence-electron chi connectivity index (χ1n) is 6.65. The van der Waals surface area contributed by atoms with Crippen molar-refractivity contribution in [3.63, 3.8) is 0 Å². The van der Waals surface area contributed by atoms with Gasteiger partial charge in [-0.1, -0.05) is 34.8 Å². The first kappa shape index (κ1) is 15.3. The molecule has 2 aromatic carbocycles. The lowest BCUT2D eigenvalue weighted by atomic mass is 10.2. The number of halogens is 3. The van der Waals surface area contributed by atoms with Gasteiger partial charge < -0.3 is 9.73 Å². The molecule has 1 heterocycles. The second kappa shape index (κ2) is 6.66. The Hall–Kier alpha value is -1.61. The maximum absolute atomic E-state index is 6.11. The highest BCUT2D eigenvalue weighted by Gasteiger charge is 2.06. The largest absolute Gasteiger partial charge is 0.459 e. The third-order valence-corrected chi connectivity index (χ3v) is 3.99. The number of hydrogen-bond donors (Lipinski definition) is 1. The molecule has 5 heteroatoms. The quantitative estimate of drug-likeness (QED) is 0.578. The maximum atomic E-state index is 6.11. The van der Waals surface area contributed by atoms with E-state index in [1.54, 1.807) is 18.2 Å². The van der Waals surface area contributed by atoms with Gasteiger partial charge in [0.15, 0.2) is 0 Å². The highest BCUT2D eigenvalue weighted by atomic mass is 35.5. The zero-order chi connectivity index (χ0) is 15.5. The molecule has 3 rings (SSSR count). The Bertz CT molecular complexity index is 781. The minimum atomic E-state index is 0.521. The Morgan fingerprint density at radius 1 is 0.818 bits per heavy atom. The third kappa shape index (κ3) is 3.58. The summed E-state index contributed by atoms with van der Waals surface area (Å²) in [6.45, 7) is 0.521. The molecule has 1 N–H and O–H groups in total. The van der Waals surface area contributed by atoms with Crippen molar-refractivity contribution in [1.82, 2.24) is 0 Å². The molecule has 0 atom stereocenters. The monoisotopic (exact) mass is 351 g/mol. The van der Waals surface area contributed by atoms with Gasteiger partial charge in [-0.15, -0.1) is 0 Å². The van der Waals surface area contributed by atoms with Gasteiger partial charge in [0.05, 0.1) is 17.3 Å². The topological polar surface area (TPSA) is 25.2 Å². The van der Waals surface area contributed by atoms with Gasteiger partial charge in [-0.05, 0) is 54.6 Å². The van der Waals surface area contributed by atoms with Crippen LogP contribution in [0.5, 0.6) is 0 Å². The average molecular weight is 353 g/mol. The molecule has 0 unspecified atom stereocenters. The molecule has 0 amide bonds. The molecule has 112 valence electrons.